The van der Waals surface area contributed by atoms with Crippen molar-refractivity contribution in [3.8, 4) is 28.1 Å². The van der Waals surface area contributed by atoms with Crippen LogP contribution in [0.2, 0.25) is 0 Å². The van der Waals surface area contributed by atoms with Crippen molar-refractivity contribution in [2.24, 2.45) is 17.3 Å². The summed E-state index contributed by atoms with van der Waals surface area (Å²) in [5, 5.41) is 16.2. The number of phenols is 1. The maximum absolute atomic E-state index is 14.8. The summed E-state index contributed by atoms with van der Waals surface area (Å²) in [6, 6.07) is 12.6. The second-order valence-electron chi connectivity index (χ2n) is 20.7. The Hall–Kier alpha value is -5.36. The third-order valence-electron chi connectivity index (χ3n) is 14.2. The van der Waals surface area contributed by atoms with Gasteiger partial charge in [-0.3, -0.25) is 34.1 Å². The minimum Gasteiger partial charge on any atom is -0.508 e. The Labute approximate surface area is 400 Å². The molecule has 366 valence electrons. The molecule has 0 aliphatic carbocycles. The standard InChI is InChI=1S/C51H68N8O8S/c1-10-58-42-16-15-33-25-38(42)39(46(58)37-13-11-18-52-44(37)30(2)3)26-51(6,7)29-67-50(64)40-14-12-19-59(54-40)49(63)41(23-32-21-35(33)24-36(60)22-32)53-47(61)45(31(4)5)56(9)48(62)34-17-20-57(27-34)68(65,66)43-28-55(43)8/h11,13,15-16,18,21-22,24-25,30-31,34,40-41,43,45,54,60H,10,12,14,17,19-20,23,26-29H2,1-9H3,(H,53,61)/t34-,40-,41-,43-,45-,55?/m0/s1. The summed E-state index contributed by atoms with van der Waals surface area (Å²) in [6.07, 6.45) is 3.64. The van der Waals surface area contributed by atoms with Gasteiger partial charge in [0.05, 0.1) is 23.9 Å². The number of benzene rings is 2. The summed E-state index contributed by atoms with van der Waals surface area (Å²) < 4.78 is 36.2. The van der Waals surface area contributed by atoms with Gasteiger partial charge in [-0.2, -0.15) is 4.31 Å². The van der Waals surface area contributed by atoms with Gasteiger partial charge in [-0.05, 0) is 110 Å². The first-order valence-corrected chi connectivity index (χ1v) is 25.6. The molecular weight excluding hydrogens is 885 g/mol. The quantitative estimate of drug-likeness (QED) is 0.139. The molecule has 4 aliphatic rings. The second-order valence-corrected chi connectivity index (χ2v) is 22.8. The Bertz CT molecular complexity index is 2720. The number of hydrogen-bond acceptors (Lipinski definition) is 11. The molecule has 3 amide bonds. The van der Waals surface area contributed by atoms with Gasteiger partial charge in [-0.25, -0.2) is 13.8 Å². The molecule has 4 aromatic rings. The van der Waals surface area contributed by atoms with Crippen LogP contribution in [0.4, 0.5) is 0 Å². The van der Waals surface area contributed by atoms with Crippen molar-refractivity contribution in [3.05, 3.63) is 71.5 Å². The van der Waals surface area contributed by atoms with Gasteiger partial charge in [0.1, 0.15) is 29.2 Å². The first-order chi connectivity index (χ1) is 32.2. The number of phenolic OH excluding ortho intramolecular Hbond substituents is 1. The average Bonchev–Trinajstić information content (AvgIpc) is 3.70. The lowest BCUT2D eigenvalue weighted by atomic mass is 9.83. The number of cyclic esters (lactones) is 1. The number of aromatic hydroxyl groups is 1. The number of carbonyl (C=O) groups is 4. The number of aromatic nitrogens is 2. The lowest BCUT2D eigenvalue weighted by Gasteiger charge is -2.37. The zero-order chi connectivity index (χ0) is 49.0. The number of nitrogens with zero attached hydrogens (tertiary/aromatic N) is 6. The number of carbonyl (C=O) groups excluding carboxylic acids is 4. The Morgan fingerprint density at radius 2 is 1.78 bits per heavy atom. The highest BCUT2D eigenvalue weighted by Crippen LogP contribution is 2.42. The van der Waals surface area contributed by atoms with Crippen LogP contribution in [0.1, 0.15) is 90.5 Å². The highest BCUT2D eigenvalue weighted by molar-refractivity contribution is 7.90. The number of nitrogens with one attached hydrogen (secondary N) is 2. The average molecular weight is 953 g/mol. The third kappa shape index (κ3) is 9.76. The van der Waals surface area contributed by atoms with Crippen molar-refractivity contribution < 1.29 is 37.4 Å². The molecule has 3 fully saturated rings. The fraction of sp³-hybridized carbons (Fsp3) is 0.549. The third-order valence-corrected chi connectivity index (χ3v) is 16.4. The van der Waals surface area contributed by atoms with Gasteiger partial charge in [-0.15, -0.1) is 0 Å². The summed E-state index contributed by atoms with van der Waals surface area (Å²) in [5.74, 6) is -2.75. The van der Waals surface area contributed by atoms with Crippen LogP contribution in [0.25, 0.3) is 33.3 Å². The van der Waals surface area contributed by atoms with Crippen LogP contribution in [-0.4, -0.2) is 136 Å². The zero-order valence-corrected chi connectivity index (χ0v) is 41.7. The summed E-state index contributed by atoms with van der Waals surface area (Å²) in [5.41, 5.74) is 9.96. The van der Waals surface area contributed by atoms with E-state index in [0.717, 1.165) is 44.5 Å². The van der Waals surface area contributed by atoms with Crippen LogP contribution in [0.5, 0.6) is 5.75 Å². The molecule has 6 atom stereocenters. The molecule has 3 N–H and O–H groups in total. The second kappa shape index (κ2) is 19.2. The first-order valence-electron chi connectivity index (χ1n) is 24.1. The van der Waals surface area contributed by atoms with E-state index < -0.39 is 62.6 Å². The Balaban J connectivity index is 1.16. The van der Waals surface area contributed by atoms with E-state index in [9.17, 15) is 32.7 Å². The molecule has 8 rings (SSSR count). The van der Waals surface area contributed by atoms with Gasteiger partial charge >= 0.3 is 5.97 Å². The number of sulfonamides is 1. The van der Waals surface area contributed by atoms with E-state index in [0.29, 0.717) is 44.3 Å². The van der Waals surface area contributed by atoms with Crippen molar-refractivity contribution in [3.63, 3.8) is 0 Å². The molecule has 3 saturated heterocycles. The van der Waals surface area contributed by atoms with E-state index in [2.05, 4.69) is 68.1 Å². The number of rotatable bonds is 10. The van der Waals surface area contributed by atoms with Crippen LogP contribution in [-0.2, 0) is 53.3 Å². The highest BCUT2D eigenvalue weighted by atomic mass is 32.2. The molecule has 68 heavy (non-hydrogen) atoms. The molecule has 0 radical (unpaired) electrons. The van der Waals surface area contributed by atoms with Crippen molar-refractivity contribution >= 4 is 44.6 Å². The van der Waals surface area contributed by atoms with Crippen LogP contribution in [0.15, 0.2) is 54.7 Å². The fourth-order valence-corrected chi connectivity index (χ4v) is 12.5. The maximum Gasteiger partial charge on any atom is 0.324 e. The summed E-state index contributed by atoms with van der Waals surface area (Å²) in [7, 11) is -0.287. The minimum atomic E-state index is -3.58. The number of hydrogen-bond donors (Lipinski definition) is 3. The largest absolute Gasteiger partial charge is 0.508 e. The number of ether oxygens (including phenoxy) is 1. The van der Waals surface area contributed by atoms with Gasteiger partial charge in [0, 0.05) is 74.3 Å². The maximum atomic E-state index is 14.8. The van der Waals surface area contributed by atoms with Gasteiger partial charge in [0.25, 0.3) is 5.91 Å². The van der Waals surface area contributed by atoms with Gasteiger partial charge in [0.15, 0.2) is 0 Å². The molecular formula is C51H68N8O8S. The van der Waals surface area contributed by atoms with Crippen LogP contribution >= 0.6 is 0 Å². The van der Waals surface area contributed by atoms with Gasteiger partial charge in [0.2, 0.25) is 21.8 Å². The smallest absolute Gasteiger partial charge is 0.324 e. The topological polar surface area (TPSA) is 186 Å². The Kier molecular flexibility index (Phi) is 13.9. The van der Waals surface area contributed by atoms with Crippen LogP contribution < -0.4 is 10.7 Å². The SMILES string of the molecule is CCn1c(-c2cccnc2C(C)C)c2c3cc(ccc31)-c1cc(O)cc(c1)C[C@H](NC(=O)[C@H](C(C)C)N(C)C(=O)[C@H]1CCN(S(=O)(=O)[C@H]3CN3C)C1)C(=O)N1CCC[C@H](N1)C(=O)OCC(C)(C)C2. The van der Waals surface area contributed by atoms with Crippen molar-refractivity contribution in [2.45, 2.75) is 117 Å². The van der Waals surface area contributed by atoms with E-state index in [4.69, 9.17) is 9.72 Å². The molecule has 17 heteroatoms. The van der Waals surface area contributed by atoms with Crippen LogP contribution in [0.3, 0.4) is 0 Å². The summed E-state index contributed by atoms with van der Waals surface area (Å²) >= 11 is 0. The van der Waals surface area contributed by atoms with Crippen LogP contribution in [0, 0.1) is 17.3 Å². The molecule has 6 heterocycles. The monoisotopic (exact) mass is 952 g/mol. The minimum absolute atomic E-state index is 0.0140. The Morgan fingerprint density at radius 3 is 2.47 bits per heavy atom. The van der Waals surface area contributed by atoms with Gasteiger partial charge in [-0.1, -0.05) is 53.7 Å². The van der Waals surface area contributed by atoms with E-state index in [1.807, 2.05) is 38.2 Å². The molecule has 0 saturated carbocycles. The lowest BCUT2D eigenvalue weighted by Crippen LogP contribution is -2.62. The van der Waals surface area contributed by atoms with Crippen molar-refractivity contribution in [2.75, 3.05) is 46.9 Å². The fourth-order valence-electron chi connectivity index (χ4n) is 10.6. The van der Waals surface area contributed by atoms with E-state index in [-0.39, 0.29) is 56.2 Å². The normalized spacial score (nSPS) is 23.9. The number of likely N-dealkylation sites (N-methyl/N-ethyl adjacent to an activating group) is 2. The van der Waals surface area contributed by atoms with Gasteiger partial charge < -0.3 is 24.6 Å². The number of amides is 3. The predicted molar refractivity (Wildman–Crippen MR) is 260 cm³/mol. The highest BCUT2D eigenvalue weighted by Gasteiger charge is 2.49. The van der Waals surface area contributed by atoms with E-state index >= 15 is 0 Å². The Morgan fingerprint density at radius 1 is 1.03 bits per heavy atom. The lowest BCUT2D eigenvalue weighted by molar-refractivity contribution is -0.155. The van der Waals surface area contributed by atoms with E-state index in [1.165, 1.54) is 14.2 Å². The molecule has 4 aliphatic heterocycles. The summed E-state index contributed by atoms with van der Waals surface area (Å²) in [6.45, 7) is 16.0. The zero-order valence-electron chi connectivity index (χ0n) is 40.9. The first kappa shape index (κ1) is 49.1. The molecule has 1 unspecified atom stereocenters. The number of fused-ring (bicyclic) bond motifs is 6. The molecule has 2 aromatic heterocycles. The number of hydrazine groups is 1. The number of pyridine rings is 1. The number of esters is 1. The van der Waals surface area contributed by atoms with E-state index in [1.54, 1.807) is 31.1 Å². The molecule has 6 bridgehead atoms. The van der Waals surface area contributed by atoms with Crippen molar-refractivity contribution in [1.82, 2.24) is 39.4 Å². The molecule has 16 nitrogen and oxygen atoms in total. The molecule has 2 aromatic carbocycles. The predicted octanol–water partition coefficient (Wildman–Crippen LogP) is 5.27. The molecule has 0 spiro atoms. The number of aryl methyl sites for hydroxylation is 1. The summed E-state index contributed by atoms with van der Waals surface area (Å²) in [4.78, 5) is 65.4. The van der Waals surface area contributed by atoms with Crippen molar-refractivity contribution in [1.29, 1.82) is 0 Å².